The zero-order chi connectivity index (χ0) is 14.0. The zero-order valence-corrected chi connectivity index (χ0v) is 10.3. The second-order valence-electron chi connectivity index (χ2n) is 3.76. The number of nitro groups is 1. The summed E-state index contributed by atoms with van der Waals surface area (Å²) in [6, 6.07) is 3.68. The number of aryl methyl sites for hydroxylation is 1. The number of rotatable bonds is 4. The molecule has 0 spiro atoms. The highest BCUT2D eigenvalue weighted by atomic mass is 19.1. The van der Waals surface area contributed by atoms with Crippen LogP contribution in [0.25, 0.3) is 0 Å². The van der Waals surface area contributed by atoms with Gasteiger partial charge in [0.05, 0.1) is 23.8 Å². The average molecular weight is 266 g/mol. The van der Waals surface area contributed by atoms with E-state index in [1.54, 1.807) is 24.0 Å². The summed E-state index contributed by atoms with van der Waals surface area (Å²) in [5.74, 6) is -0.347. The molecule has 0 aliphatic rings. The smallest absolute Gasteiger partial charge is 0.313 e. The Balaban J connectivity index is 2.38. The lowest BCUT2D eigenvalue weighted by Crippen LogP contribution is -2.00. The van der Waals surface area contributed by atoms with Crippen LogP contribution in [0.1, 0.15) is 0 Å². The second kappa shape index (κ2) is 4.92. The summed E-state index contributed by atoms with van der Waals surface area (Å²) in [7, 11) is 3.00. The summed E-state index contributed by atoms with van der Waals surface area (Å²) in [5, 5.41) is 17.5. The van der Waals surface area contributed by atoms with Crippen LogP contribution in [0.4, 0.5) is 21.6 Å². The molecular formula is C11H11FN4O3. The summed E-state index contributed by atoms with van der Waals surface area (Å²) in [6.45, 7) is 0. The van der Waals surface area contributed by atoms with Crippen molar-refractivity contribution in [3.63, 3.8) is 0 Å². The van der Waals surface area contributed by atoms with Gasteiger partial charge in [0.15, 0.2) is 17.4 Å². The minimum Gasteiger partial charge on any atom is -0.490 e. The third kappa shape index (κ3) is 2.62. The summed E-state index contributed by atoms with van der Waals surface area (Å²) in [5.41, 5.74) is -0.368. The predicted molar refractivity (Wildman–Crippen MR) is 66.1 cm³/mol. The number of nitrogens with zero attached hydrogens (tertiary/aromatic N) is 3. The van der Waals surface area contributed by atoms with Crippen molar-refractivity contribution in [1.82, 2.24) is 9.78 Å². The van der Waals surface area contributed by atoms with Crippen molar-refractivity contribution in [2.45, 2.75) is 0 Å². The molecule has 0 radical (unpaired) electrons. The molecule has 0 aliphatic heterocycles. The molecule has 0 saturated carbocycles. The standard InChI is InChI=1S/C11H11FN4O3/c1-15-4-3-11(14-15)13-8-6-10(19-2)9(16(17)18)5-7(8)12/h3-6H,1-2H3,(H,13,14). The highest BCUT2D eigenvalue weighted by Gasteiger charge is 2.19. The minimum absolute atomic E-state index is 0.0233. The van der Waals surface area contributed by atoms with Gasteiger partial charge in [0.25, 0.3) is 0 Å². The molecule has 0 fully saturated rings. The molecule has 0 unspecified atom stereocenters. The number of methoxy groups -OCH3 is 1. The summed E-state index contributed by atoms with van der Waals surface area (Å²) in [6.07, 6.45) is 1.68. The first-order valence-corrected chi connectivity index (χ1v) is 5.30. The third-order valence-electron chi connectivity index (χ3n) is 2.44. The number of benzene rings is 1. The first-order valence-electron chi connectivity index (χ1n) is 5.30. The van der Waals surface area contributed by atoms with Gasteiger partial charge in [0.1, 0.15) is 0 Å². The van der Waals surface area contributed by atoms with Crippen molar-refractivity contribution < 1.29 is 14.1 Å². The van der Waals surface area contributed by atoms with Gasteiger partial charge in [-0.3, -0.25) is 14.8 Å². The normalized spacial score (nSPS) is 10.3. The maximum Gasteiger partial charge on any atom is 0.313 e. The zero-order valence-electron chi connectivity index (χ0n) is 10.3. The van der Waals surface area contributed by atoms with E-state index in [0.29, 0.717) is 5.82 Å². The van der Waals surface area contributed by atoms with Gasteiger partial charge in [0, 0.05) is 25.4 Å². The molecule has 0 amide bonds. The van der Waals surface area contributed by atoms with Crippen molar-refractivity contribution in [3.05, 3.63) is 40.3 Å². The summed E-state index contributed by atoms with van der Waals surface area (Å²) < 4.78 is 20.2. The molecule has 0 aliphatic carbocycles. The van der Waals surface area contributed by atoms with Gasteiger partial charge >= 0.3 is 5.69 Å². The van der Waals surface area contributed by atoms with E-state index in [1.165, 1.54) is 13.2 Å². The van der Waals surface area contributed by atoms with Crippen LogP contribution >= 0.6 is 0 Å². The van der Waals surface area contributed by atoms with Gasteiger partial charge in [-0.25, -0.2) is 4.39 Å². The molecule has 0 saturated heterocycles. The fourth-order valence-corrected chi connectivity index (χ4v) is 1.56. The Bertz CT molecular complexity index is 626. The lowest BCUT2D eigenvalue weighted by Gasteiger charge is -2.07. The summed E-state index contributed by atoms with van der Waals surface area (Å²) in [4.78, 5) is 10.0. The Hall–Kier alpha value is -2.64. The van der Waals surface area contributed by atoms with Crippen LogP contribution < -0.4 is 10.1 Å². The van der Waals surface area contributed by atoms with Gasteiger partial charge in [-0.15, -0.1) is 0 Å². The lowest BCUT2D eigenvalue weighted by atomic mass is 10.2. The fraction of sp³-hybridized carbons (Fsp3) is 0.182. The molecule has 7 nitrogen and oxygen atoms in total. The molecule has 8 heteroatoms. The molecule has 1 heterocycles. The van der Waals surface area contributed by atoms with Gasteiger partial charge in [0.2, 0.25) is 0 Å². The van der Waals surface area contributed by atoms with Gasteiger partial charge in [-0.2, -0.15) is 5.10 Å². The SMILES string of the molecule is COc1cc(Nc2ccn(C)n2)c(F)cc1[N+](=O)[O-]. The maximum atomic E-state index is 13.8. The Morgan fingerprint density at radius 1 is 1.53 bits per heavy atom. The third-order valence-corrected chi connectivity index (χ3v) is 2.44. The van der Waals surface area contributed by atoms with E-state index >= 15 is 0 Å². The minimum atomic E-state index is -0.752. The molecule has 100 valence electrons. The fourth-order valence-electron chi connectivity index (χ4n) is 1.56. The van der Waals surface area contributed by atoms with E-state index in [0.717, 1.165) is 6.07 Å². The Morgan fingerprint density at radius 3 is 2.79 bits per heavy atom. The van der Waals surface area contributed by atoms with Gasteiger partial charge < -0.3 is 10.1 Å². The van der Waals surface area contributed by atoms with Gasteiger partial charge in [-0.05, 0) is 0 Å². The van der Waals surface area contributed by atoms with Crippen molar-refractivity contribution in [3.8, 4) is 5.75 Å². The number of hydrogen-bond acceptors (Lipinski definition) is 5. The Morgan fingerprint density at radius 2 is 2.26 bits per heavy atom. The molecule has 0 bridgehead atoms. The quantitative estimate of drug-likeness (QED) is 0.677. The molecule has 2 rings (SSSR count). The van der Waals surface area contributed by atoms with Crippen LogP contribution in [0.2, 0.25) is 0 Å². The second-order valence-corrected chi connectivity index (χ2v) is 3.76. The topological polar surface area (TPSA) is 82.2 Å². The molecule has 0 atom stereocenters. The lowest BCUT2D eigenvalue weighted by molar-refractivity contribution is -0.385. The first-order chi connectivity index (χ1) is 9.01. The van der Waals surface area contributed by atoms with Crippen LogP contribution in [0.15, 0.2) is 24.4 Å². The number of aromatic nitrogens is 2. The molecule has 1 aromatic carbocycles. The van der Waals surface area contributed by atoms with Crippen LogP contribution in [0.3, 0.4) is 0 Å². The number of hydrogen-bond donors (Lipinski definition) is 1. The van der Waals surface area contributed by atoms with Gasteiger partial charge in [-0.1, -0.05) is 0 Å². The number of ether oxygens (including phenoxy) is 1. The van der Waals surface area contributed by atoms with E-state index in [4.69, 9.17) is 4.74 Å². The number of nitrogens with one attached hydrogen (secondary N) is 1. The monoisotopic (exact) mass is 266 g/mol. The van der Waals surface area contributed by atoms with Crippen LogP contribution in [-0.2, 0) is 7.05 Å². The number of nitro benzene ring substituents is 1. The maximum absolute atomic E-state index is 13.8. The van der Waals surface area contributed by atoms with Crippen molar-refractivity contribution in [2.75, 3.05) is 12.4 Å². The van der Waals surface area contributed by atoms with E-state index < -0.39 is 16.4 Å². The van der Waals surface area contributed by atoms with Crippen molar-refractivity contribution in [2.24, 2.45) is 7.05 Å². The van der Waals surface area contributed by atoms with Crippen LogP contribution in [-0.4, -0.2) is 21.8 Å². The summed E-state index contributed by atoms with van der Waals surface area (Å²) >= 11 is 0. The van der Waals surface area contributed by atoms with Crippen LogP contribution in [0.5, 0.6) is 5.75 Å². The number of anilines is 2. The van der Waals surface area contributed by atoms with E-state index in [2.05, 4.69) is 10.4 Å². The molecule has 1 N–H and O–H groups in total. The number of halogens is 1. The highest BCUT2D eigenvalue weighted by Crippen LogP contribution is 2.33. The first kappa shape index (κ1) is 12.8. The molecular weight excluding hydrogens is 255 g/mol. The highest BCUT2D eigenvalue weighted by molar-refractivity contribution is 5.63. The predicted octanol–water partition coefficient (Wildman–Crippen LogP) is 2.22. The van der Waals surface area contributed by atoms with Crippen molar-refractivity contribution >= 4 is 17.2 Å². The Labute approximate surface area is 107 Å². The molecule has 2 aromatic rings. The van der Waals surface area contributed by atoms with E-state index in [9.17, 15) is 14.5 Å². The van der Waals surface area contributed by atoms with E-state index in [-0.39, 0.29) is 11.4 Å². The van der Waals surface area contributed by atoms with Crippen molar-refractivity contribution in [1.29, 1.82) is 0 Å². The Kier molecular flexibility index (Phi) is 3.32. The molecule has 1 aromatic heterocycles. The van der Waals surface area contributed by atoms with Crippen LogP contribution in [0, 0.1) is 15.9 Å². The van der Waals surface area contributed by atoms with E-state index in [1.807, 2.05) is 0 Å². The average Bonchev–Trinajstić information content (AvgIpc) is 2.76. The molecule has 19 heavy (non-hydrogen) atoms. The largest absolute Gasteiger partial charge is 0.490 e.